The molecule has 5 nitrogen and oxygen atoms in total. The van der Waals surface area contributed by atoms with Gasteiger partial charge in [0.15, 0.2) is 16.6 Å². The number of benzene rings is 2. The molecular formula is C21H11F5N2O3S2. The first kappa shape index (κ1) is 22.8. The number of fused-ring (bicyclic) bond motifs is 1. The van der Waals surface area contributed by atoms with Crippen LogP contribution < -0.4 is 5.32 Å². The fraction of sp³-hybridized carbons (Fsp3) is 0.0952. The van der Waals surface area contributed by atoms with E-state index in [4.69, 9.17) is 0 Å². The molecule has 4 aromatic rings. The third-order valence-corrected chi connectivity index (χ3v) is 6.64. The number of rotatable bonds is 4. The first-order valence-corrected chi connectivity index (χ1v) is 10.8. The summed E-state index contributed by atoms with van der Waals surface area (Å²) < 4.78 is 67.4. The van der Waals surface area contributed by atoms with Gasteiger partial charge in [-0.25, -0.2) is 18.6 Å². The van der Waals surface area contributed by atoms with Crippen LogP contribution in [0, 0.1) is 18.6 Å². The Morgan fingerprint density at radius 3 is 2.45 bits per heavy atom. The number of nitrogens with one attached hydrogen (secondary N) is 1. The molecule has 0 atom stereocenters. The van der Waals surface area contributed by atoms with Crippen LogP contribution in [-0.2, 0) is 6.18 Å². The van der Waals surface area contributed by atoms with Crippen molar-refractivity contribution in [1.29, 1.82) is 0 Å². The maximum absolute atomic E-state index is 14.4. The second-order valence-corrected chi connectivity index (χ2v) is 8.78. The SMILES string of the molecule is Cc1ccc(-c2csc(NC(=O)c3nc4cc(C(F)(F)F)ccc4s3)c2C(=O)O)c(F)c1F. The Bertz CT molecular complexity index is 1430. The Morgan fingerprint density at radius 1 is 1.06 bits per heavy atom. The molecule has 2 aromatic heterocycles. The van der Waals surface area contributed by atoms with Gasteiger partial charge in [0.25, 0.3) is 5.91 Å². The average Bonchev–Trinajstić information content (AvgIpc) is 3.35. The molecule has 0 spiro atoms. The molecule has 0 bridgehead atoms. The van der Waals surface area contributed by atoms with Gasteiger partial charge in [-0.2, -0.15) is 13.2 Å². The quantitative estimate of drug-likeness (QED) is 0.312. The van der Waals surface area contributed by atoms with Crippen LogP contribution >= 0.6 is 22.7 Å². The summed E-state index contributed by atoms with van der Waals surface area (Å²) in [5.41, 5.74) is -1.78. The highest BCUT2D eigenvalue weighted by Gasteiger charge is 2.31. The summed E-state index contributed by atoms with van der Waals surface area (Å²) in [5, 5.41) is 12.9. The minimum atomic E-state index is -4.57. The third kappa shape index (κ3) is 4.18. The molecule has 0 unspecified atom stereocenters. The van der Waals surface area contributed by atoms with Crippen LogP contribution in [0.5, 0.6) is 0 Å². The predicted octanol–water partition coefficient (Wildman–Crippen LogP) is 6.58. The standard InChI is InChI=1S/C21H11F5N2O3S2/c1-8-2-4-10(16(23)15(8)22)11-7-32-18(14(11)20(30)31)28-17(29)19-27-12-6-9(21(24,25)26)3-5-13(12)33-19/h2-7H,1H3,(H,28,29)(H,30,31). The van der Waals surface area contributed by atoms with Crippen molar-refractivity contribution in [3.05, 3.63) is 69.0 Å². The number of carboxylic acid groups (broad SMARTS) is 1. The van der Waals surface area contributed by atoms with Crippen molar-refractivity contribution in [1.82, 2.24) is 4.98 Å². The number of hydrogen-bond acceptors (Lipinski definition) is 5. The van der Waals surface area contributed by atoms with Gasteiger partial charge in [0.05, 0.1) is 15.8 Å². The van der Waals surface area contributed by atoms with Crippen molar-refractivity contribution in [3.8, 4) is 11.1 Å². The molecule has 0 aliphatic heterocycles. The first-order chi connectivity index (χ1) is 15.5. The number of carbonyl (C=O) groups excluding carboxylic acids is 1. The monoisotopic (exact) mass is 498 g/mol. The number of nitrogens with zero attached hydrogens (tertiary/aromatic N) is 1. The Balaban J connectivity index is 1.69. The average molecular weight is 498 g/mol. The predicted molar refractivity (Wildman–Crippen MR) is 114 cm³/mol. The van der Waals surface area contributed by atoms with Gasteiger partial charge in [0.1, 0.15) is 10.6 Å². The molecule has 12 heteroatoms. The van der Waals surface area contributed by atoms with Gasteiger partial charge in [-0.15, -0.1) is 22.7 Å². The molecule has 0 radical (unpaired) electrons. The van der Waals surface area contributed by atoms with E-state index in [1.54, 1.807) is 0 Å². The topological polar surface area (TPSA) is 79.3 Å². The van der Waals surface area contributed by atoms with Crippen LogP contribution in [0.2, 0.25) is 0 Å². The highest BCUT2D eigenvalue weighted by atomic mass is 32.1. The lowest BCUT2D eigenvalue weighted by Crippen LogP contribution is -2.13. The molecule has 1 amide bonds. The number of hydrogen-bond donors (Lipinski definition) is 2. The van der Waals surface area contributed by atoms with Crippen LogP contribution in [0.1, 0.15) is 31.3 Å². The number of aromatic nitrogens is 1. The number of halogens is 5. The van der Waals surface area contributed by atoms with Crippen LogP contribution in [0.4, 0.5) is 27.0 Å². The number of aryl methyl sites for hydroxylation is 1. The summed E-state index contributed by atoms with van der Waals surface area (Å²) in [6.45, 7) is 1.36. The number of alkyl halides is 3. The first-order valence-electron chi connectivity index (χ1n) is 9.06. The van der Waals surface area contributed by atoms with Gasteiger partial charge >= 0.3 is 12.1 Å². The van der Waals surface area contributed by atoms with Gasteiger partial charge < -0.3 is 10.4 Å². The van der Waals surface area contributed by atoms with Gasteiger partial charge in [0.2, 0.25) is 0 Å². The normalized spacial score (nSPS) is 11.7. The number of thiophene rings is 1. The molecule has 2 heterocycles. The van der Waals surface area contributed by atoms with Crippen molar-refractivity contribution in [2.24, 2.45) is 0 Å². The number of carbonyl (C=O) groups is 2. The summed E-state index contributed by atoms with van der Waals surface area (Å²) >= 11 is 1.60. The van der Waals surface area contributed by atoms with Crippen molar-refractivity contribution in [2.75, 3.05) is 5.32 Å². The smallest absolute Gasteiger partial charge is 0.416 e. The molecule has 2 N–H and O–H groups in total. The molecule has 2 aromatic carbocycles. The molecule has 0 saturated heterocycles. The van der Waals surface area contributed by atoms with Crippen LogP contribution in [0.3, 0.4) is 0 Å². The van der Waals surface area contributed by atoms with E-state index in [0.29, 0.717) is 4.70 Å². The maximum Gasteiger partial charge on any atom is 0.416 e. The van der Waals surface area contributed by atoms with Crippen LogP contribution in [0.25, 0.3) is 21.3 Å². The van der Waals surface area contributed by atoms with E-state index in [1.807, 2.05) is 0 Å². The van der Waals surface area contributed by atoms with Crippen molar-refractivity contribution in [2.45, 2.75) is 13.1 Å². The molecule has 0 saturated carbocycles. The molecule has 0 fully saturated rings. The minimum Gasteiger partial charge on any atom is -0.478 e. The molecule has 33 heavy (non-hydrogen) atoms. The lowest BCUT2D eigenvalue weighted by atomic mass is 10.0. The molecular weight excluding hydrogens is 487 g/mol. The van der Waals surface area contributed by atoms with E-state index in [-0.39, 0.29) is 32.2 Å². The number of amides is 1. The number of anilines is 1. The fourth-order valence-corrected chi connectivity index (χ4v) is 4.86. The van der Waals surface area contributed by atoms with Crippen LogP contribution in [0.15, 0.2) is 35.7 Å². The van der Waals surface area contributed by atoms with Gasteiger partial charge in [0, 0.05) is 16.5 Å². The summed E-state index contributed by atoms with van der Waals surface area (Å²) in [6.07, 6.45) is -4.57. The Hall–Kier alpha value is -3.38. The summed E-state index contributed by atoms with van der Waals surface area (Å²) in [5.74, 6) is -4.68. The highest BCUT2D eigenvalue weighted by molar-refractivity contribution is 7.20. The fourth-order valence-electron chi connectivity index (χ4n) is 3.07. The number of carboxylic acids is 1. The second-order valence-electron chi connectivity index (χ2n) is 6.87. The van der Waals surface area contributed by atoms with Crippen molar-refractivity contribution >= 4 is 49.8 Å². The lowest BCUT2D eigenvalue weighted by Gasteiger charge is -2.07. The van der Waals surface area contributed by atoms with Crippen molar-refractivity contribution in [3.63, 3.8) is 0 Å². The third-order valence-electron chi connectivity index (χ3n) is 4.71. The van der Waals surface area contributed by atoms with Crippen LogP contribution in [-0.4, -0.2) is 22.0 Å². The Morgan fingerprint density at radius 2 is 1.79 bits per heavy atom. The summed E-state index contributed by atoms with van der Waals surface area (Å²) in [7, 11) is 0. The number of aromatic carboxylic acids is 1. The summed E-state index contributed by atoms with van der Waals surface area (Å²) in [4.78, 5) is 28.4. The molecule has 170 valence electrons. The number of thiazole rings is 1. The molecule has 0 aliphatic rings. The van der Waals surface area contributed by atoms with Gasteiger partial charge in [-0.1, -0.05) is 12.1 Å². The largest absolute Gasteiger partial charge is 0.478 e. The zero-order chi connectivity index (χ0) is 24.1. The zero-order valence-electron chi connectivity index (χ0n) is 16.4. The minimum absolute atomic E-state index is 0.0393. The van der Waals surface area contributed by atoms with E-state index in [9.17, 15) is 36.6 Å². The van der Waals surface area contributed by atoms with E-state index in [1.165, 1.54) is 30.5 Å². The van der Waals surface area contributed by atoms with E-state index in [0.717, 1.165) is 34.8 Å². The van der Waals surface area contributed by atoms with E-state index < -0.39 is 40.8 Å². The maximum atomic E-state index is 14.4. The van der Waals surface area contributed by atoms with E-state index in [2.05, 4.69) is 10.3 Å². The van der Waals surface area contributed by atoms with Gasteiger partial charge in [-0.3, -0.25) is 4.79 Å². The van der Waals surface area contributed by atoms with E-state index >= 15 is 0 Å². The Kier molecular flexibility index (Phi) is 5.66. The lowest BCUT2D eigenvalue weighted by molar-refractivity contribution is -0.137. The molecule has 4 rings (SSSR count). The Labute approximate surface area is 190 Å². The zero-order valence-corrected chi connectivity index (χ0v) is 18.0. The van der Waals surface area contributed by atoms with Crippen molar-refractivity contribution < 1.29 is 36.6 Å². The highest BCUT2D eigenvalue weighted by Crippen LogP contribution is 2.38. The second kappa shape index (κ2) is 8.19. The van der Waals surface area contributed by atoms with Gasteiger partial charge in [-0.05, 0) is 30.7 Å². The summed E-state index contributed by atoms with van der Waals surface area (Å²) in [6, 6.07) is 5.40. The molecule has 0 aliphatic carbocycles.